The van der Waals surface area contributed by atoms with Gasteiger partial charge in [0.1, 0.15) is 5.82 Å². The lowest BCUT2D eigenvalue weighted by Gasteiger charge is -2.18. The molecule has 86 valence electrons. The van der Waals surface area contributed by atoms with Crippen LogP contribution in [0, 0.1) is 25.1 Å². The predicted octanol–water partition coefficient (Wildman–Crippen LogP) is 3.20. The standard InChI is InChI=1S/C14H18FN/c1-5-13(6-2)16-11(4)12-8-7-10(3)14(15)9-12/h1,7-9,11,13,16H,6H2,2-4H3. The van der Waals surface area contributed by atoms with E-state index >= 15 is 0 Å². The highest BCUT2D eigenvalue weighted by Gasteiger charge is 2.10. The Bertz CT molecular complexity index is 392. The van der Waals surface area contributed by atoms with Crippen LogP contribution in [-0.4, -0.2) is 6.04 Å². The van der Waals surface area contributed by atoms with Gasteiger partial charge in [0.25, 0.3) is 0 Å². The number of terminal acetylenes is 1. The Labute approximate surface area is 97.1 Å². The molecule has 0 saturated heterocycles. The molecule has 0 radical (unpaired) electrons. The van der Waals surface area contributed by atoms with Crippen LogP contribution in [0.4, 0.5) is 4.39 Å². The molecule has 1 N–H and O–H groups in total. The second-order valence-corrected chi connectivity index (χ2v) is 4.02. The van der Waals surface area contributed by atoms with Crippen molar-refractivity contribution < 1.29 is 4.39 Å². The van der Waals surface area contributed by atoms with Gasteiger partial charge in [-0.25, -0.2) is 4.39 Å². The summed E-state index contributed by atoms with van der Waals surface area (Å²) < 4.78 is 13.4. The van der Waals surface area contributed by atoms with Gasteiger partial charge in [0.2, 0.25) is 0 Å². The average molecular weight is 219 g/mol. The molecule has 16 heavy (non-hydrogen) atoms. The summed E-state index contributed by atoms with van der Waals surface area (Å²) in [5, 5.41) is 3.28. The van der Waals surface area contributed by atoms with Gasteiger partial charge < -0.3 is 0 Å². The Hall–Kier alpha value is -1.33. The number of hydrogen-bond acceptors (Lipinski definition) is 1. The predicted molar refractivity (Wildman–Crippen MR) is 65.6 cm³/mol. The summed E-state index contributed by atoms with van der Waals surface area (Å²) in [7, 11) is 0. The van der Waals surface area contributed by atoms with Crippen LogP contribution in [0.3, 0.4) is 0 Å². The minimum atomic E-state index is -0.167. The third-order valence-electron chi connectivity index (χ3n) is 2.76. The van der Waals surface area contributed by atoms with Crippen molar-refractivity contribution >= 4 is 0 Å². The highest BCUT2D eigenvalue weighted by molar-refractivity contribution is 5.25. The first-order valence-corrected chi connectivity index (χ1v) is 5.56. The van der Waals surface area contributed by atoms with Crippen LogP contribution in [0.25, 0.3) is 0 Å². The molecule has 0 aliphatic carbocycles. The van der Waals surface area contributed by atoms with E-state index in [0.29, 0.717) is 5.56 Å². The second-order valence-electron chi connectivity index (χ2n) is 4.02. The molecule has 0 aliphatic heterocycles. The molecular weight excluding hydrogens is 201 g/mol. The van der Waals surface area contributed by atoms with Crippen molar-refractivity contribution in [3.8, 4) is 12.3 Å². The summed E-state index contributed by atoms with van der Waals surface area (Å²) >= 11 is 0. The first-order valence-electron chi connectivity index (χ1n) is 5.56. The van der Waals surface area contributed by atoms with Crippen LogP contribution < -0.4 is 5.32 Å². The van der Waals surface area contributed by atoms with E-state index in [1.165, 1.54) is 0 Å². The van der Waals surface area contributed by atoms with Gasteiger partial charge in [0.05, 0.1) is 6.04 Å². The molecule has 0 saturated carbocycles. The SMILES string of the molecule is C#CC(CC)NC(C)c1ccc(C)c(F)c1. The molecule has 2 unspecified atom stereocenters. The Morgan fingerprint density at radius 1 is 1.50 bits per heavy atom. The Kier molecular flexibility index (Phi) is 4.52. The van der Waals surface area contributed by atoms with E-state index in [1.807, 2.05) is 19.9 Å². The number of benzene rings is 1. The van der Waals surface area contributed by atoms with E-state index in [4.69, 9.17) is 6.42 Å². The smallest absolute Gasteiger partial charge is 0.126 e. The first kappa shape index (κ1) is 12.7. The molecule has 0 spiro atoms. The summed E-state index contributed by atoms with van der Waals surface area (Å²) in [6.07, 6.45) is 6.25. The molecule has 0 heterocycles. The van der Waals surface area contributed by atoms with Gasteiger partial charge in [-0.15, -0.1) is 6.42 Å². The third kappa shape index (κ3) is 3.08. The monoisotopic (exact) mass is 219 g/mol. The van der Waals surface area contributed by atoms with Crippen molar-refractivity contribution in [2.45, 2.75) is 39.3 Å². The molecule has 0 aliphatic rings. The number of rotatable bonds is 4. The van der Waals surface area contributed by atoms with Gasteiger partial charge in [-0.1, -0.05) is 25.0 Å². The van der Waals surface area contributed by atoms with Gasteiger partial charge in [0.15, 0.2) is 0 Å². The first-order chi connectivity index (χ1) is 7.58. The van der Waals surface area contributed by atoms with Crippen LogP contribution in [0.5, 0.6) is 0 Å². The normalized spacial score (nSPS) is 14.2. The fourth-order valence-electron chi connectivity index (χ4n) is 1.56. The number of halogens is 1. The van der Waals surface area contributed by atoms with Gasteiger partial charge >= 0.3 is 0 Å². The zero-order valence-corrected chi connectivity index (χ0v) is 10.0. The van der Waals surface area contributed by atoms with Crippen LogP contribution in [0.1, 0.15) is 37.4 Å². The largest absolute Gasteiger partial charge is 0.297 e. The van der Waals surface area contributed by atoms with Crippen molar-refractivity contribution in [1.29, 1.82) is 0 Å². The highest BCUT2D eigenvalue weighted by Crippen LogP contribution is 2.17. The van der Waals surface area contributed by atoms with Crippen molar-refractivity contribution in [2.24, 2.45) is 0 Å². The van der Waals surface area contributed by atoms with Gasteiger partial charge in [0, 0.05) is 6.04 Å². The van der Waals surface area contributed by atoms with E-state index in [9.17, 15) is 4.39 Å². The van der Waals surface area contributed by atoms with Crippen LogP contribution >= 0.6 is 0 Å². The zero-order chi connectivity index (χ0) is 12.1. The van der Waals surface area contributed by atoms with Crippen LogP contribution in [0.15, 0.2) is 18.2 Å². The number of aryl methyl sites for hydroxylation is 1. The number of nitrogens with one attached hydrogen (secondary N) is 1. The highest BCUT2D eigenvalue weighted by atomic mass is 19.1. The van der Waals surface area contributed by atoms with Crippen LogP contribution in [-0.2, 0) is 0 Å². The van der Waals surface area contributed by atoms with E-state index in [-0.39, 0.29) is 17.9 Å². The molecule has 1 aromatic carbocycles. The quantitative estimate of drug-likeness (QED) is 0.767. The molecule has 0 amide bonds. The molecule has 2 atom stereocenters. The molecule has 0 aromatic heterocycles. The van der Waals surface area contributed by atoms with Crippen molar-refractivity contribution in [1.82, 2.24) is 5.32 Å². The molecular formula is C14H18FN. The van der Waals surface area contributed by atoms with Gasteiger partial charge in [-0.2, -0.15) is 0 Å². The summed E-state index contributed by atoms with van der Waals surface area (Å²) in [6, 6.07) is 5.39. The Balaban J connectivity index is 2.77. The second kappa shape index (κ2) is 5.67. The average Bonchev–Trinajstić information content (AvgIpc) is 2.29. The fraction of sp³-hybridized carbons (Fsp3) is 0.429. The summed E-state index contributed by atoms with van der Waals surface area (Å²) in [6.45, 7) is 5.78. The molecule has 0 bridgehead atoms. The summed E-state index contributed by atoms with van der Waals surface area (Å²) in [4.78, 5) is 0. The summed E-state index contributed by atoms with van der Waals surface area (Å²) in [5.41, 5.74) is 1.59. The summed E-state index contributed by atoms with van der Waals surface area (Å²) in [5.74, 6) is 2.51. The van der Waals surface area contributed by atoms with E-state index in [1.54, 1.807) is 19.1 Å². The van der Waals surface area contributed by atoms with E-state index < -0.39 is 0 Å². The molecule has 1 aromatic rings. The Morgan fingerprint density at radius 2 is 2.19 bits per heavy atom. The zero-order valence-electron chi connectivity index (χ0n) is 10.0. The number of hydrogen-bond donors (Lipinski definition) is 1. The Morgan fingerprint density at radius 3 is 2.69 bits per heavy atom. The lowest BCUT2D eigenvalue weighted by molar-refractivity contribution is 0.508. The van der Waals surface area contributed by atoms with Crippen molar-refractivity contribution in [3.05, 3.63) is 35.1 Å². The van der Waals surface area contributed by atoms with Crippen LogP contribution in [0.2, 0.25) is 0 Å². The maximum absolute atomic E-state index is 13.4. The molecule has 1 nitrogen and oxygen atoms in total. The van der Waals surface area contributed by atoms with Crippen molar-refractivity contribution in [3.63, 3.8) is 0 Å². The maximum Gasteiger partial charge on any atom is 0.126 e. The minimum absolute atomic E-state index is 0.0411. The van der Waals surface area contributed by atoms with E-state index in [2.05, 4.69) is 11.2 Å². The lowest BCUT2D eigenvalue weighted by atomic mass is 10.0. The fourth-order valence-corrected chi connectivity index (χ4v) is 1.56. The van der Waals surface area contributed by atoms with Gasteiger partial charge in [-0.05, 0) is 37.5 Å². The lowest BCUT2D eigenvalue weighted by Crippen LogP contribution is -2.29. The maximum atomic E-state index is 13.4. The molecule has 2 heteroatoms. The third-order valence-corrected chi connectivity index (χ3v) is 2.76. The van der Waals surface area contributed by atoms with Crippen molar-refractivity contribution in [2.75, 3.05) is 0 Å². The topological polar surface area (TPSA) is 12.0 Å². The minimum Gasteiger partial charge on any atom is -0.297 e. The van der Waals surface area contributed by atoms with Gasteiger partial charge in [-0.3, -0.25) is 5.32 Å². The molecule has 1 rings (SSSR count). The molecule has 0 fully saturated rings. The van der Waals surface area contributed by atoms with E-state index in [0.717, 1.165) is 12.0 Å².